The molecule has 3 heterocycles. The molecule has 10 nitrogen and oxygen atoms in total. The van der Waals surface area contributed by atoms with Crippen LogP contribution in [0.25, 0.3) is 11.3 Å². The third kappa shape index (κ3) is 5.07. The summed E-state index contributed by atoms with van der Waals surface area (Å²) in [6, 6.07) is 15.9. The smallest absolute Gasteiger partial charge is 0.248 e. The van der Waals surface area contributed by atoms with E-state index in [-0.39, 0.29) is 11.6 Å². The summed E-state index contributed by atoms with van der Waals surface area (Å²) in [6.45, 7) is 6.39. The number of hydrogen-bond acceptors (Lipinski definition) is 8. The second-order valence-corrected chi connectivity index (χ2v) is 8.93. The Morgan fingerprint density at radius 3 is 2.74 bits per heavy atom. The molecule has 0 unspecified atom stereocenters. The van der Waals surface area contributed by atoms with Crippen molar-refractivity contribution < 1.29 is 14.4 Å². The number of primary amides is 1. The maximum absolute atomic E-state index is 12.1. The molecular weight excluding hydrogens is 482 g/mol. The van der Waals surface area contributed by atoms with Crippen LogP contribution in [-0.4, -0.2) is 45.2 Å². The highest BCUT2D eigenvalue weighted by Gasteiger charge is 2.28. The largest absolute Gasteiger partial charge is 0.494 e. The van der Waals surface area contributed by atoms with Gasteiger partial charge in [-0.3, -0.25) is 9.63 Å². The molecule has 1 fully saturated rings. The number of hydrogen-bond donors (Lipinski definition) is 2. The first-order valence-corrected chi connectivity index (χ1v) is 12.2. The molecule has 10 heteroatoms. The molecule has 1 saturated heterocycles. The first kappa shape index (κ1) is 25.0. The van der Waals surface area contributed by atoms with E-state index in [2.05, 4.69) is 39.0 Å². The third-order valence-electron chi connectivity index (χ3n) is 6.49. The number of benzene rings is 2. The molecule has 1 aliphatic rings. The van der Waals surface area contributed by atoms with E-state index >= 15 is 0 Å². The summed E-state index contributed by atoms with van der Waals surface area (Å²) in [5, 5.41) is 5.15. The monoisotopic (exact) mass is 511 g/mol. The van der Waals surface area contributed by atoms with Crippen molar-refractivity contribution in [3.05, 3.63) is 90.8 Å². The van der Waals surface area contributed by atoms with Crippen LogP contribution < -0.4 is 20.9 Å². The average Bonchev–Trinajstić information content (AvgIpc) is 3.57. The number of hydroxylamine groups is 1. The molecule has 1 aliphatic heterocycles. The molecule has 1 atom stereocenters. The molecule has 0 bridgehead atoms. The molecular formula is C28H29N7O3. The molecule has 38 heavy (non-hydrogen) atoms. The number of aryl methyl sites for hydroxylation is 1. The fourth-order valence-corrected chi connectivity index (χ4v) is 4.55. The summed E-state index contributed by atoms with van der Waals surface area (Å²) in [5.74, 6) is 1.83. The van der Waals surface area contributed by atoms with Gasteiger partial charge in [0.1, 0.15) is 23.7 Å². The molecule has 0 radical (unpaired) electrons. The fourth-order valence-electron chi connectivity index (χ4n) is 4.55. The Morgan fingerprint density at radius 1 is 1.21 bits per heavy atom. The number of amides is 1. The van der Waals surface area contributed by atoms with E-state index in [1.54, 1.807) is 25.6 Å². The summed E-state index contributed by atoms with van der Waals surface area (Å²) in [7, 11) is 1.57. The van der Waals surface area contributed by atoms with Gasteiger partial charge in [0.05, 0.1) is 31.1 Å². The lowest BCUT2D eigenvalue weighted by molar-refractivity contribution is -0.112. The predicted molar refractivity (Wildman–Crippen MR) is 145 cm³/mol. The van der Waals surface area contributed by atoms with Crippen LogP contribution >= 0.6 is 0 Å². The van der Waals surface area contributed by atoms with Crippen LogP contribution in [0.15, 0.2) is 73.8 Å². The fraction of sp³-hybridized carbons (Fsp3) is 0.214. The Balaban J connectivity index is 1.46. The molecule has 0 saturated carbocycles. The topological polar surface area (TPSA) is 120 Å². The Labute approximate surface area is 220 Å². The first-order valence-electron chi connectivity index (χ1n) is 12.2. The number of carbonyl (C=O) groups excluding carboxylic acids is 1. The first-order chi connectivity index (χ1) is 18.4. The zero-order valence-electron chi connectivity index (χ0n) is 21.3. The van der Waals surface area contributed by atoms with Crippen molar-refractivity contribution >= 4 is 28.8 Å². The van der Waals surface area contributed by atoms with Crippen molar-refractivity contribution in [2.75, 3.05) is 24.1 Å². The predicted octanol–water partition coefficient (Wildman–Crippen LogP) is 3.97. The van der Waals surface area contributed by atoms with E-state index in [9.17, 15) is 4.79 Å². The van der Waals surface area contributed by atoms with Crippen LogP contribution in [0.4, 0.5) is 17.3 Å². The normalized spacial score (nSPS) is 14.9. The highest BCUT2D eigenvalue weighted by molar-refractivity contribution is 6.19. The third-order valence-corrected chi connectivity index (χ3v) is 6.49. The lowest BCUT2D eigenvalue weighted by Gasteiger charge is -2.24. The summed E-state index contributed by atoms with van der Waals surface area (Å²) in [6.07, 6.45) is 6.70. The number of aromatic nitrogens is 4. The van der Waals surface area contributed by atoms with E-state index in [0.717, 1.165) is 18.7 Å². The number of methoxy groups -OCH3 is 1. The highest BCUT2D eigenvalue weighted by atomic mass is 16.7. The van der Waals surface area contributed by atoms with Crippen molar-refractivity contribution in [3.8, 4) is 11.4 Å². The van der Waals surface area contributed by atoms with Crippen LogP contribution in [0, 0.1) is 6.92 Å². The minimum absolute atomic E-state index is 0.151. The van der Waals surface area contributed by atoms with Crippen LogP contribution in [0.3, 0.4) is 0 Å². The van der Waals surface area contributed by atoms with E-state index in [4.69, 9.17) is 15.3 Å². The summed E-state index contributed by atoms with van der Waals surface area (Å²) in [5.41, 5.74) is 8.80. The lowest BCUT2D eigenvalue weighted by atomic mass is 10.0. The van der Waals surface area contributed by atoms with Gasteiger partial charge in [0.25, 0.3) is 0 Å². The van der Waals surface area contributed by atoms with Gasteiger partial charge in [-0.2, -0.15) is 0 Å². The van der Waals surface area contributed by atoms with Crippen LogP contribution in [0.2, 0.25) is 0 Å². The van der Waals surface area contributed by atoms with Crippen molar-refractivity contribution in [3.63, 3.8) is 0 Å². The molecule has 0 spiro atoms. The number of ether oxygens (including phenoxy) is 1. The second-order valence-electron chi connectivity index (χ2n) is 8.93. The van der Waals surface area contributed by atoms with Gasteiger partial charge < -0.3 is 20.4 Å². The SMILES string of the molecule is C=C(C(N)=O)c1cc(Nc2cc(N3OCC[C@@H]3Cc3ccccc3)ncn2)c(OC)cc1-n1ccnc1C. The second kappa shape index (κ2) is 10.7. The molecule has 1 amide bonds. The van der Waals surface area contributed by atoms with Gasteiger partial charge in [-0.15, -0.1) is 0 Å². The maximum Gasteiger partial charge on any atom is 0.248 e. The molecule has 4 aromatic rings. The number of carbonyl (C=O) groups is 1. The highest BCUT2D eigenvalue weighted by Crippen LogP contribution is 2.36. The molecule has 2 aromatic carbocycles. The number of imidazole rings is 1. The quantitative estimate of drug-likeness (QED) is 0.324. The van der Waals surface area contributed by atoms with E-state index in [0.29, 0.717) is 40.9 Å². The molecule has 5 rings (SSSR count). The zero-order valence-corrected chi connectivity index (χ0v) is 21.3. The zero-order chi connectivity index (χ0) is 26.6. The molecule has 0 aliphatic carbocycles. The van der Waals surface area contributed by atoms with Gasteiger partial charge in [0, 0.05) is 35.7 Å². The Bertz CT molecular complexity index is 1470. The van der Waals surface area contributed by atoms with Crippen LogP contribution in [-0.2, 0) is 16.1 Å². The lowest BCUT2D eigenvalue weighted by Crippen LogP contribution is -2.30. The molecule has 194 valence electrons. The number of anilines is 3. The van der Waals surface area contributed by atoms with Crippen molar-refractivity contribution in [1.82, 2.24) is 19.5 Å². The van der Waals surface area contributed by atoms with Crippen molar-refractivity contribution in [2.45, 2.75) is 25.8 Å². The number of nitrogens with two attached hydrogens (primary N) is 1. The summed E-state index contributed by atoms with van der Waals surface area (Å²) >= 11 is 0. The van der Waals surface area contributed by atoms with Crippen LogP contribution in [0.5, 0.6) is 5.75 Å². The summed E-state index contributed by atoms with van der Waals surface area (Å²) < 4.78 is 7.53. The van der Waals surface area contributed by atoms with Gasteiger partial charge in [0.2, 0.25) is 5.91 Å². The maximum atomic E-state index is 12.1. The van der Waals surface area contributed by atoms with Gasteiger partial charge in [-0.05, 0) is 31.4 Å². The molecule has 2 aromatic heterocycles. The van der Waals surface area contributed by atoms with Crippen molar-refractivity contribution in [2.24, 2.45) is 5.73 Å². The standard InChI is InChI=1S/C28H29N7O3/c1-18(28(29)36)22-14-23(25(37-3)15-24(22)34-11-10-30-19(34)2)33-26-16-27(32-17-31-26)35-21(9-12-38-35)13-20-7-5-4-6-8-20/h4-8,10-11,14-17,21H,1,9,12-13H2,2-3H3,(H2,29,36)(H,31,32,33)/t21-/m1/s1. The van der Waals surface area contributed by atoms with Gasteiger partial charge in [0.15, 0.2) is 5.82 Å². The average molecular weight is 512 g/mol. The molecule has 3 N–H and O–H groups in total. The van der Waals surface area contributed by atoms with Gasteiger partial charge >= 0.3 is 0 Å². The minimum Gasteiger partial charge on any atom is -0.494 e. The Hall–Kier alpha value is -4.70. The van der Waals surface area contributed by atoms with E-state index in [1.165, 1.54) is 11.9 Å². The van der Waals surface area contributed by atoms with Crippen LogP contribution in [0.1, 0.15) is 23.4 Å². The van der Waals surface area contributed by atoms with Crippen molar-refractivity contribution in [1.29, 1.82) is 0 Å². The van der Waals surface area contributed by atoms with Gasteiger partial charge in [-0.25, -0.2) is 20.0 Å². The minimum atomic E-state index is -0.625. The van der Waals surface area contributed by atoms with Gasteiger partial charge in [-0.1, -0.05) is 36.9 Å². The Morgan fingerprint density at radius 2 is 2.03 bits per heavy atom. The summed E-state index contributed by atoms with van der Waals surface area (Å²) in [4.78, 5) is 31.2. The Kier molecular flexibility index (Phi) is 7.05. The number of nitrogens with zero attached hydrogens (tertiary/aromatic N) is 5. The van der Waals surface area contributed by atoms with E-state index in [1.807, 2.05) is 46.9 Å². The number of nitrogens with one attached hydrogen (secondary N) is 1. The number of rotatable bonds is 9. The van der Waals surface area contributed by atoms with E-state index < -0.39 is 5.91 Å².